The minimum absolute atomic E-state index is 0.0605. The highest BCUT2D eigenvalue weighted by atomic mass is 16.2. The monoisotopic (exact) mass is 244 g/mol. The average Bonchev–Trinajstić information content (AvgIpc) is 2.35. The first-order valence-corrected chi connectivity index (χ1v) is 5.91. The number of benzene rings is 1. The van der Waals surface area contributed by atoms with Gasteiger partial charge in [-0.1, -0.05) is 18.2 Å². The smallest absolute Gasteiger partial charge is 0.242 e. The molecule has 0 radical (unpaired) electrons. The molecule has 2 N–H and O–H groups in total. The lowest BCUT2D eigenvalue weighted by Crippen LogP contribution is -2.58. The SMILES string of the molecule is N#CCN(C(=O)CN1CC(N)C1)c1ccccc1. The van der Waals surface area contributed by atoms with Crippen LogP contribution >= 0.6 is 0 Å². The summed E-state index contributed by atoms with van der Waals surface area (Å²) >= 11 is 0. The first kappa shape index (κ1) is 12.6. The summed E-state index contributed by atoms with van der Waals surface area (Å²) in [6.07, 6.45) is 0. The van der Waals surface area contributed by atoms with Crippen molar-refractivity contribution in [2.75, 3.05) is 31.1 Å². The van der Waals surface area contributed by atoms with Crippen LogP contribution in [0.2, 0.25) is 0 Å². The molecule has 0 bridgehead atoms. The molecule has 2 rings (SSSR count). The molecule has 1 aromatic rings. The number of para-hydroxylation sites is 1. The van der Waals surface area contributed by atoms with E-state index in [1.54, 1.807) is 0 Å². The first-order chi connectivity index (χ1) is 8.70. The van der Waals surface area contributed by atoms with Gasteiger partial charge in [0.1, 0.15) is 6.54 Å². The van der Waals surface area contributed by atoms with Gasteiger partial charge in [-0.15, -0.1) is 0 Å². The van der Waals surface area contributed by atoms with Crippen molar-refractivity contribution >= 4 is 11.6 Å². The van der Waals surface area contributed by atoms with Gasteiger partial charge in [-0.25, -0.2) is 0 Å². The first-order valence-electron chi connectivity index (χ1n) is 5.91. The predicted octanol–water partition coefficient (Wildman–Crippen LogP) is 0.186. The Kier molecular flexibility index (Phi) is 3.92. The largest absolute Gasteiger partial charge is 0.325 e. The maximum absolute atomic E-state index is 12.1. The van der Waals surface area contributed by atoms with Crippen LogP contribution in [0.3, 0.4) is 0 Å². The fourth-order valence-corrected chi connectivity index (χ4v) is 2.02. The van der Waals surface area contributed by atoms with Crippen molar-refractivity contribution in [3.8, 4) is 6.07 Å². The van der Waals surface area contributed by atoms with Gasteiger partial charge in [0.05, 0.1) is 12.6 Å². The molecule has 0 spiro atoms. The molecule has 5 nitrogen and oxygen atoms in total. The molecule has 0 aromatic heterocycles. The molecule has 1 saturated heterocycles. The highest BCUT2D eigenvalue weighted by Gasteiger charge is 2.27. The number of carbonyl (C=O) groups excluding carboxylic acids is 1. The van der Waals surface area contributed by atoms with Crippen LogP contribution in [0.5, 0.6) is 0 Å². The van der Waals surface area contributed by atoms with Gasteiger partial charge in [-0.2, -0.15) is 5.26 Å². The third-order valence-corrected chi connectivity index (χ3v) is 2.94. The summed E-state index contributed by atoms with van der Waals surface area (Å²) in [5.74, 6) is -0.0605. The molecular weight excluding hydrogens is 228 g/mol. The van der Waals surface area contributed by atoms with E-state index in [1.165, 1.54) is 4.90 Å². The Morgan fingerprint density at radius 1 is 1.44 bits per heavy atom. The number of nitriles is 1. The second kappa shape index (κ2) is 5.63. The summed E-state index contributed by atoms with van der Waals surface area (Å²) in [5.41, 5.74) is 6.43. The zero-order valence-corrected chi connectivity index (χ0v) is 10.1. The summed E-state index contributed by atoms with van der Waals surface area (Å²) < 4.78 is 0. The molecule has 1 fully saturated rings. The summed E-state index contributed by atoms with van der Waals surface area (Å²) in [6, 6.07) is 11.5. The van der Waals surface area contributed by atoms with Gasteiger partial charge in [0.15, 0.2) is 0 Å². The molecule has 5 heteroatoms. The second-order valence-corrected chi connectivity index (χ2v) is 4.43. The zero-order chi connectivity index (χ0) is 13.0. The Morgan fingerprint density at radius 2 is 2.11 bits per heavy atom. The lowest BCUT2D eigenvalue weighted by molar-refractivity contribution is -0.120. The number of anilines is 1. The van der Waals surface area contributed by atoms with E-state index >= 15 is 0 Å². The summed E-state index contributed by atoms with van der Waals surface area (Å²) in [6.45, 7) is 1.90. The standard InChI is InChI=1S/C13H16N4O/c14-6-7-17(12-4-2-1-3-5-12)13(18)10-16-8-11(15)9-16/h1-5,11H,7-10,15H2. The van der Waals surface area contributed by atoms with Gasteiger partial charge < -0.3 is 5.73 Å². The van der Waals surface area contributed by atoms with Crippen LogP contribution in [0.15, 0.2) is 30.3 Å². The topological polar surface area (TPSA) is 73.4 Å². The van der Waals surface area contributed by atoms with Crippen molar-refractivity contribution in [2.45, 2.75) is 6.04 Å². The third-order valence-electron chi connectivity index (χ3n) is 2.94. The summed E-state index contributed by atoms with van der Waals surface area (Å²) in [5, 5.41) is 8.82. The van der Waals surface area contributed by atoms with Gasteiger partial charge in [-0.3, -0.25) is 14.6 Å². The van der Waals surface area contributed by atoms with Gasteiger partial charge in [0.25, 0.3) is 0 Å². The maximum atomic E-state index is 12.1. The number of nitrogens with zero attached hydrogens (tertiary/aromatic N) is 3. The Hall–Kier alpha value is -1.90. The van der Waals surface area contributed by atoms with Gasteiger partial charge >= 0.3 is 0 Å². The average molecular weight is 244 g/mol. The predicted molar refractivity (Wildman–Crippen MR) is 68.8 cm³/mol. The van der Waals surface area contributed by atoms with E-state index in [0.29, 0.717) is 6.54 Å². The van der Waals surface area contributed by atoms with Crippen molar-refractivity contribution in [3.63, 3.8) is 0 Å². The number of rotatable bonds is 4. The van der Waals surface area contributed by atoms with Crippen LogP contribution in [0.4, 0.5) is 5.69 Å². The number of likely N-dealkylation sites (tertiary alicyclic amines) is 1. The quantitative estimate of drug-likeness (QED) is 0.767. The van der Waals surface area contributed by atoms with Crippen LogP contribution in [-0.2, 0) is 4.79 Å². The highest BCUT2D eigenvalue weighted by molar-refractivity contribution is 5.95. The molecule has 0 unspecified atom stereocenters. The van der Waals surface area contributed by atoms with Crippen LogP contribution in [0.25, 0.3) is 0 Å². The van der Waals surface area contributed by atoms with Crippen molar-refractivity contribution in [2.24, 2.45) is 5.73 Å². The van der Waals surface area contributed by atoms with E-state index < -0.39 is 0 Å². The van der Waals surface area contributed by atoms with Gasteiger partial charge in [-0.05, 0) is 12.1 Å². The minimum atomic E-state index is -0.0605. The Bertz CT molecular complexity index is 448. The molecule has 1 aliphatic heterocycles. The van der Waals surface area contributed by atoms with E-state index in [4.69, 9.17) is 11.0 Å². The Morgan fingerprint density at radius 3 is 2.67 bits per heavy atom. The van der Waals surface area contributed by atoms with Crippen LogP contribution < -0.4 is 10.6 Å². The zero-order valence-electron chi connectivity index (χ0n) is 10.1. The molecule has 1 amide bonds. The van der Waals surface area contributed by atoms with Gasteiger partial charge in [0.2, 0.25) is 5.91 Å². The number of carbonyl (C=O) groups is 1. The summed E-state index contributed by atoms with van der Waals surface area (Å²) in [7, 11) is 0. The molecule has 1 aliphatic rings. The second-order valence-electron chi connectivity index (χ2n) is 4.43. The van der Waals surface area contributed by atoms with E-state index in [9.17, 15) is 4.79 Å². The molecule has 1 heterocycles. The molecule has 0 atom stereocenters. The lowest BCUT2D eigenvalue weighted by atomic mass is 10.1. The molecule has 18 heavy (non-hydrogen) atoms. The van der Waals surface area contributed by atoms with E-state index in [2.05, 4.69) is 0 Å². The van der Waals surface area contributed by atoms with E-state index in [1.807, 2.05) is 41.3 Å². The number of nitrogens with two attached hydrogens (primary N) is 1. The third kappa shape index (κ3) is 2.86. The van der Waals surface area contributed by atoms with Crippen molar-refractivity contribution in [1.29, 1.82) is 5.26 Å². The van der Waals surface area contributed by atoms with Crippen molar-refractivity contribution in [3.05, 3.63) is 30.3 Å². The van der Waals surface area contributed by atoms with Crippen LogP contribution in [0, 0.1) is 11.3 Å². The maximum Gasteiger partial charge on any atom is 0.242 e. The van der Waals surface area contributed by atoms with Gasteiger partial charge in [0, 0.05) is 24.8 Å². The normalized spacial score (nSPS) is 15.8. The van der Waals surface area contributed by atoms with Crippen molar-refractivity contribution in [1.82, 2.24) is 4.90 Å². The Labute approximate surface area is 106 Å². The fraction of sp³-hybridized carbons (Fsp3) is 0.385. The van der Waals surface area contributed by atoms with E-state index in [-0.39, 0.29) is 18.5 Å². The lowest BCUT2D eigenvalue weighted by Gasteiger charge is -2.37. The van der Waals surface area contributed by atoms with Crippen LogP contribution in [0.1, 0.15) is 0 Å². The molecule has 0 saturated carbocycles. The molecule has 94 valence electrons. The summed E-state index contributed by atoms with van der Waals surface area (Å²) in [4.78, 5) is 15.6. The van der Waals surface area contributed by atoms with Crippen molar-refractivity contribution < 1.29 is 4.79 Å². The fourth-order valence-electron chi connectivity index (χ4n) is 2.02. The Balaban J connectivity index is 2.01. The number of amides is 1. The minimum Gasteiger partial charge on any atom is -0.325 e. The number of hydrogen-bond donors (Lipinski definition) is 1. The highest BCUT2D eigenvalue weighted by Crippen LogP contribution is 2.14. The van der Waals surface area contributed by atoms with E-state index in [0.717, 1.165) is 18.8 Å². The molecule has 1 aromatic carbocycles. The number of hydrogen-bond acceptors (Lipinski definition) is 4. The molecule has 0 aliphatic carbocycles. The molecular formula is C13H16N4O. The van der Waals surface area contributed by atoms with Crippen LogP contribution in [-0.4, -0.2) is 43.0 Å².